The van der Waals surface area contributed by atoms with Crippen LogP contribution in [0.25, 0.3) is 0 Å². The number of nitrogens with zero attached hydrogens (tertiary/aromatic N) is 1. The largest absolute Gasteiger partial charge is 0.314 e. The zero-order valence-corrected chi connectivity index (χ0v) is 12.0. The highest BCUT2D eigenvalue weighted by atomic mass is 15.2. The standard InChI is InChI=1S/C15H30N2/c1-4-15(5-2)7-9-17(12-15)11-14-6-8-16-13(3)10-14/h13-14,16H,4-12H2,1-3H3. The maximum absolute atomic E-state index is 3.56. The van der Waals surface area contributed by atoms with Crippen molar-refractivity contribution in [2.24, 2.45) is 11.3 Å². The molecule has 2 saturated heterocycles. The molecule has 17 heavy (non-hydrogen) atoms. The van der Waals surface area contributed by atoms with Gasteiger partial charge in [0.2, 0.25) is 0 Å². The van der Waals surface area contributed by atoms with Crippen LogP contribution in [0.5, 0.6) is 0 Å². The highest BCUT2D eigenvalue weighted by Crippen LogP contribution is 2.37. The van der Waals surface area contributed by atoms with E-state index in [1.54, 1.807) is 0 Å². The number of hydrogen-bond acceptors (Lipinski definition) is 2. The van der Waals surface area contributed by atoms with Crippen molar-refractivity contribution in [2.45, 2.75) is 58.9 Å². The maximum Gasteiger partial charge on any atom is 0.00418 e. The Bertz CT molecular complexity index is 235. The summed E-state index contributed by atoms with van der Waals surface area (Å²) in [6.07, 6.45) is 6.92. The molecule has 2 heterocycles. The molecule has 2 aliphatic rings. The molecule has 2 heteroatoms. The summed E-state index contributed by atoms with van der Waals surface area (Å²) < 4.78 is 0. The van der Waals surface area contributed by atoms with Gasteiger partial charge in [-0.05, 0) is 63.5 Å². The Morgan fingerprint density at radius 3 is 2.65 bits per heavy atom. The van der Waals surface area contributed by atoms with E-state index in [2.05, 4.69) is 31.0 Å². The quantitative estimate of drug-likeness (QED) is 0.810. The van der Waals surface area contributed by atoms with Gasteiger partial charge in [0, 0.05) is 19.1 Å². The first-order valence-electron chi connectivity index (χ1n) is 7.63. The molecule has 2 fully saturated rings. The molecule has 2 atom stereocenters. The van der Waals surface area contributed by atoms with Gasteiger partial charge in [-0.25, -0.2) is 0 Å². The Labute approximate surface area is 107 Å². The zero-order chi connectivity index (χ0) is 12.3. The van der Waals surface area contributed by atoms with Crippen molar-refractivity contribution in [3.63, 3.8) is 0 Å². The molecule has 0 aromatic rings. The normalized spacial score (nSPS) is 34.1. The van der Waals surface area contributed by atoms with Gasteiger partial charge in [0.05, 0.1) is 0 Å². The van der Waals surface area contributed by atoms with Crippen LogP contribution < -0.4 is 5.32 Å². The first-order valence-corrected chi connectivity index (χ1v) is 7.63. The van der Waals surface area contributed by atoms with E-state index in [0.29, 0.717) is 5.41 Å². The van der Waals surface area contributed by atoms with E-state index in [9.17, 15) is 0 Å². The zero-order valence-electron chi connectivity index (χ0n) is 12.0. The minimum atomic E-state index is 0.651. The summed E-state index contributed by atoms with van der Waals surface area (Å²) in [6, 6.07) is 0.735. The van der Waals surface area contributed by atoms with Gasteiger partial charge in [0.1, 0.15) is 0 Å². The average Bonchev–Trinajstić information content (AvgIpc) is 2.73. The predicted octanol–water partition coefficient (Wildman–Crippen LogP) is 2.89. The molecule has 100 valence electrons. The van der Waals surface area contributed by atoms with Crippen molar-refractivity contribution >= 4 is 0 Å². The van der Waals surface area contributed by atoms with Crippen molar-refractivity contribution in [1.29, 1.82) is 0 Å². The topological polar surface area (TPSA) is 15.3 Å². The molecule has 0 aromatic heterocycles. The SMILES string of the molecule is CCC1(CC)CCN(CC2CCNC(C)C2)C1. The van der Waals surface area contributed by atoms with E-state index in [1.807, 2.05) is 0 Å². The fourth-order valence-electron chi connectivity index (χ4n) is 3.78. The minimum absolute atomic E-state index is 0.651. The van der Waals surface area contributed by atoms with Gasteiger partial charge in [-0.1, -0.05) is 13.8 Å². The molecule has 2 aliphatic heterocycles. The van der Waals surface area contributed by atoms with Gasteiger partial charge in [-0.3, -0.25) is 0 Å². The lowest BCUT2D eigenvalue weighted by molar-refractivity contribution is 0.190. The van der Waals surface area contributed by atoms with Crippen LogP contribution in [0, 0.1) is 11.3 Å². The minimum Gasteiger partial charge on any atom is -0.314 e. The molecular formula is C15H30N2. The van der Waals surface area contributed by atoms with E-state index in [4.69, 9.17) is 0 Å². The maximum atomic E-state index is 3.56. The molecule has 0 saturated carbocycles. The molecule has 2 unspecified atom stereocenters. The fraction of sp³-hybridized carbons (Fsp3) is 1.00. The first-order chi connectivity index (χ1) is 8.17. The summed E-state index contributed by atoms with van der Waals surface area (Å²) >= 11 is 0. The molecule has 0 spiro atoms. The van der Waals surface area contributed by atoms with E-state index >= 15 is 0 Å². The van der Waals surface area contributed by atoms with Crippen molar-refractivity contribution in [3.8, 4) is 0 Å². The van der Waals surface area contributed by atoms with Crippen molar-refractivity contribution in [3.05, 3.63) is 0 Å². The van der Waals surface area contributed by atoms with Crippen LogP contribution in [0.4, 0.5) is 0 Å². The Balaban J connectivity index is 1.81. The Morgan fingerprint density at radius 1 is 1.29 bits per heavy atom. The van der Waals surface area contributed by atoms with Crippen molar-refractivity contribution in [1.82, 2.24) is 10.2 Å². The molecular weight excluding hydrogens is 208 g/mol. The van der Waals surface area contributed by atoms with Crippen LogP contribution in [-0.2, 0) is 0 Å². The van der Waals surface area contributed by atoms with Crippen LogP contribution in [0.3, 0.4) is 0 Å². The summed E-state index contributed by atoms with van der Waals surface area (Å²) in [5.74, 6) is 0.941. The molecule has 0 aliphatic carbocycles. The lowest BCUT2D eigenvalue weighted by Crippen LogP contribution is -2.40. The second kappa shape index (κ2) is 5.71. The second-order valence-electron chi connectivity index (χ2n) is 6.44. The highest BCUT2D eigenvalue weighted by Gasteiger charge is 2.35. The fourth-order valence-corrected chi connectivity index (χ4v) is 3.78. The summed E-state index contributed by atoms with van der Waals surface area (Å²) in [5, 5.41) is 3.56. The monoisotopic (exact) mass is 238 g/mol. The molecule has 0 bridgehead atoms. The average molecular weight is 238 g/mol. The van der Waals surface area contributed by atoms with Crippen LogP contribution >= 0.6 is 0 Å². The van der Waals surface area contributed by atoms with E-state index in [-0.39, 0.29) is 0 Å². The third-order valence-corrected chi connectivity index (χ3v) is 5.27. The predicted molar refractivity (Wildman–Crippen MR) is 74.3 cm³/mol. The summed E-state index contributed by atoms with van der Waals surface area (Å²) in [5.41, 5.74) is 0.651. The van der Waals surface area contributed by atoms with E-state index in [0.717, 1.165) is 12.0 Å². The molecule has 2 rings (SSSR count). The highest BCUT2D eigenvalue weighted by molar-refractivity contribution is 4.89. The van der Waals surface area contributed by atoms with Gasteiger partial charge in [0.15, 0.2) is 0 Å². The van der Waals surface area contributed by atoms with Gasteiger partial charge in [0.25, 0.3) is 0 Å². The van der Waals surface area contributed by atoms with Crippen LogP contribution in [-0.4, -0.2) is 37.1 Å². The van der Waals surface area contributed by atoms with Crippen LogP contribution in [0.2, 0.25) is 0 Å². The Hall–Kier alpha value is -0.0800. The third-order valence-electron chi connectivity index (χ3n) is 5.27. The molecule has 0 radical (unpaired) electrons. The number of rotatable bonds is 4. The van der Waals surface area contributed by atoms with Crippen LogP contribution in [0.1, 0.15) is 52.9 Å². The van der Waals surface area contributed by atoms with Crippen molar-refractivity contribution < 1.29 is 0 Å². The second-order valence-corrected chi connectivity index (χ2v) is 6.44. The lowest BCUT2D eigenvalue weighted by Gasteiger charge is -2.32. The Morgan fingerprint density at radius 2 is 2.06 bits per heavy atom. The van der Waals surface area contributed by atoms with Gasteiger partial charge in [-0.2, -0.15) is 0 Å². The lowest BCUT2D eigenvalue weighted by atomic mass is 9.82. The Kier molecular flexibility index (Phi) is 4.48. The molecule has 0 amide bonds. The molecule has 1 N–H and O–H groups in total. The van der Waals surface area contributed by atoms with E-state index < -0.39 is 0 Å². The summed E-state index contributed by atoms with van der Waals surface area (Å²) in [4.78, 5) is 2.75. The molecule has 0 aromatic carbocycles. The number of nitrogens with one attached hydrogen (secondary N) is 1. The number of piperidine rings is 1. The van der Waals surface area contributed by atoms with Crippen LogP contribution in [0.15, 0.2) is 0 Å². The molecule has 2 nitrogen and oxygen atoms in total. The number of hydrogen-bond donors (Lipinski definition) is 1. The third kappa shape index (κ3) is 3.23. The van der Waals surface area contributed by atoms with Gasteiger partial charge in [-0.15, -0.1) is 0 Å². The van der Waals surface area contributed by atoms with Gasteiger partial charge >= 0.3 is 0 Å². The summed E-state index contributed by atoms with van der Waals surface area (Å²) in [7, 11) is 0. The van der Waals surface area contributed by atoms with Crippen molar-refractivity contribution in [2.75, 3.05) is 26.2 Å². The number of likely N-dealkylation sites (tertiary alicyclic amines) is 1. The summed E-state index contributed by atoms with van der Waals surface area (Å²) in [6.45, 7) is 12.4. The van der Waals surface area contributed by atoms with E-state index in [1.165, 1.54) is 58.3 Å². The smallest absolute Gasteiger partial charge is 0.00418 e. The van der Waals surface area contributed by atoms with Gasteiger partial charge < -0.3 is 10.2 Å². The first kappa shape index (κ1) is 13.4.